The highest BCUT2D eigenvalue weighted by molar-refractivity contribution is 7.89. The van der Waals surface area contributed by atoms with Gasteiger partial charge < -0.3 is 14.8 Å². The van der Waals surface area contributed by atoms with Crippen molar-refractivity contribution in [1.82, 2.24) is 14.6 Å². The summed E-state index contributed by atoms with van der Waals surface area (Å²) in [4.78, 5) is 13.1. The molecule has 1 saturated heterocycles. The zero-order valence-electron chi connectivity index (χ0n) is 18.5. The highest BCUT2D eigenvalue weighted by atomic mass is 32.2. The maximum absolute atomic E-state index is 13.3. The van der Waals surface area contributed by atoms with Crippen molar-refractivity contribution < 1.29 is 27.3 Å². The summed E-state index contributed by atoms with van der Waals surface area (Å²) in [7, 11) is -3.88. The van der Waals surface area contributed by atoms with Crippen molar-refractivity contribution >= 4 is 32.7 Å². The minimum Gasteiger partial charge on any atom is -0.494 e. The molecule has 1 atom stereocenters. The van der Waals surface area contributed by atoms with Gasteiger partial charge in [-0.25, -0.2) is 13.0 Å². The van der Waals surface area contributed by atoms with Gasteiger partial charge in [-0.3, -0.25) is 4.79 Å². The lowest BCUT2D eigenvalue weighted by molar-refractivity contribution is -0.120. The highest BCUT2D eigenvalue weighted by Crippen LogP contribution is 2.32. The number of hydrogen-bond donors (Lipinski definition) is 1. The van der Waals surface area contributed by atoms with Crippen LogP contribution in [0.2, 0.25) is 0 Å². The second-order valence-corrected chi connectivity index (χ2v) is 9.51. The lowest BCUT2D eigenvalue weighted by Gasteiger charge is -2.31. The molecule has 1 N–H and O–H groups in total. The van der Waals surface area contributed by atoms with Gasteiger partial charge in [0.15, 0.2) is 5.52 Å². The maximum Gasteiger partial charge on any atom is 0.245 e. The third-order valence-corrected chi connectivity index (χ3v) is 7.34. The van der Waals surface area contributed by atoms with Gasteiger partial charge in [-0.05, 0) is 61.3 Å². The van der Waals surface area contributed by atoms with Crippen molar-refractivity contribution in [2.24, 2.45) is 5.92 Å². The van der Waals surface area contributed by atoms with Gasteiger partial charge in [-0.1, -0.05) is 6.07 Å². The third-order valence-electron chi connectivity index (χ3n) is 5.44. The van der Waals surface area contributed by atoms with Crippen LogP contribution in [0.1, 0.15) is 26.7 Å². The quantitative estimate of drug-likeness (QED) is 0.528. The number of benzene rings is 2. The minimum absolute atomic E-state index is 0.0188. The molecule has 1 amide bonds. The van der Waals surface area contributed by atoms with Gasteiger partial charge in [0.2, 0.25) is 15.9 Å². The molecule has 0 saturated carbocycles. The number of sulfonamides is 1. The van der Waals surface area contributed by atoms with Gasteiger partial charge in [-0.15, -0.1) is 0 Å². The lowest BCUT2D eigenvalue weighted by atomic mass is 9.98. The Labute approximate surface area is 191 Å². The maximum atomic E-state index is 13.3. The molecule has 10 nitrogen and oxygen atoms in total. The normalized spacial score (nSPS) is 17.1. The number of carbonyl (C=O) groups excluding carboxylic acids is 1. The van der Waals surface area contributed by atoms with Crippen LogP contribution in [0.5, 0.6) is 11.5 Å². The summed E-state index contributed by atoms with van der Waals surface area (Å²) >= 11 is 0. The minimum atomic E-state index is -3.88. The predicted molar refractivity (Wildman–Crippen MR) is 121 cm³/mol. The molecule has 2 aromatic carbocycles. The van der Waals surface area contributed by atoms with Crippen LogP contribution in [-0.4, -0.2) is 55.2 Å². The first-order valence-corrected chi connectivity index (χ1v) is 12.3. The molecule has 1 fully saturated rings. The summed E-state index contributed by atoms with van der Waals surface area (Å²) in [6, 6.07) is 9.92. The van der Waals surface area contributed by atoms with Crippen molar-refractivity contribution in [3.05, 3.63) is 36.4 Å². The van der Waals surface area contributed by atoms with E-state index in [2.05, 4.69) is 15.6 Å². The molecular weight excluding hydrogens is 448 g/mol. The Morgan fingerprint density at radius 3 is 2.79 bits per heavy atom. The molecule has 0 radical (unpaired) electrons. The fourth-order valence-electron chi connectivity index (χ4n) is 3.88. The van der Waals surface area contributed by atoms with E-state index >= 15 is 0 Å². The van der Waals surface area contributed by atoms with Crippen LogP contribution >= 0.6 is 0 Å². The molecule has 4 rings (SSSR count). The Morgan fingerprint density at radius 1 is 1.18 bits per heavy atom. The van der Waals surface area contributed by atoms with Crippen LogP contribution in [0.15, 0.2) is 45.9 Å². The summed E-state index contributed by atoms with van der Waals surface area (Å²) in [5, 5.41) is 10.4. The molecule has 0 spiro atoms. The second kappa shape index (κ2) is 9.75. The van der Waals surface area contributed by atoms with Gasteiger partial charge in [0, 0.05) is 19.2 Å². The standard InChI is InChI=1S/C22H26N4O6S/c1-3-30-16-10-11-19(31-4-2)18(13-16)23-22(27)15-7-6-12-26(14-15)33(28,29)20-9-5-8-17-21(20)25-32-24-17/h5,8-11,13,15H,3-4,6-7,12,14H2,1-2H3,(H,23,27)/t15-/m0/s1. The number of anilines is 1. The number of ether oxygens (including phenoxy) is 2. The van der Waals surface area contributed by atoms with E-state index in [1.54, 1.807) is 30.3 Å². The summed E-state index contributed by atoms with van der Waals surface area (Å²) in [5.74, 6) is 0.345. The van der Waals surface area contributed by atoms with E-state index in [1.807, 2.05) is 13.8 Å². The van der Waals surface area contributed by atoms with Gasteiger partial charge >= 0.3 is 0 Å². The van der Waals surface area contributed by atoms with Gasteiger partial charge in [0.25, 0.3) is 0 Å². The van der Waals surface area contributed by atoms with Crippen LogP contribution in [0.3, 0.4) is 0 Å². The van der Waals surface area contributed by atoms with Crippen molar-refractivity contribution in [3.8, 4) is 11.5 Å². The molecule has 3 aromatic rings. The van der Waals surface area contributed by atoms with Crippen LogP contribution in [-0.2, 0) is 14.8 Å². The third kappa shape index (κ3) is 4.79. The first kappa shape index (κ1) is 23.0. The number of nitrogens with one attached hydrogen (secondary N) is 1. The molecule has 176 valence electrons. The van der Waals surface area contributed by atoms with Gasteiger partial charge in [0.1, 0.15) is 21.9 Å². The Morgan fingerprint density at radius 2 is 2.00 bits per heavy atom. The molecule has 11 heteroatoms. The number of amides is 1. The number of hydrogen-bond acceptors (Lipinski definition) is 8. The Bertz CT molecular complexity index is 1240. The van der Waals surface area contributed by atoms with Crippen molar-refractivity contribution in [2.45, 2.75) is 31.6 Å². The monoisotopic (exact) mass is 474 g/mol. The number of carbonyl (C=O) groups is 1. The Kier molecular flexibility index (Phi) is 6.80. The van der Waals surface area contributed by atoms with Gasteiger partial charge in [-0.2, -0.15) is 4.31 Å². The highest BCUT2D eigenvalue weighted by Gasteiger charge is 2.35. The van der Waals surface area contributed by atoms with Gasteiger partial charge in [0.05, 0.1) is 24.8 Å². The molecule has 0 aliphatic carbocycles. The molecule has 2 heterocycles. The van der Waals surface area contributed by atoms with E-state index in [4.69, 9.17) is 14.1 Å². The predicted octanol–water partition coefficient (Wildman–Crippen LogP) is 3.06. The molecule has 0 bridgehead atoms. The average molecular weight is 475 g/mol. The van der Waals surface area contributed by atoms with E-state index in [-0.39, 0.29) is 22.9 Å². The number of aromatic nitrogens is 2. The molecule has 33 heavy (non-hydrogen) atoms. The number of nitrogens with zero attached hydrogens (tertiary/aromatic N) is 3. The number of piperidine rings is 1. The molecule has 1 aromatic heterocycles. The molecular formula is C22H26N4O6S. The van der Waals surface area contributed by atoms with E-state index in [0.29, 0.717) is 55.3 Å². The van der Waals surface area contributed by atoms with Crippen LogP contribution < -0.4 is 14.8 Å². The van der Waals surface area contributed by atoms with Crippen LogP contribution in [0, 0.1) is 5.92 Å². The van der Waals surface area contributed by atoms with E-state index in [0.717, 1.165) is 0 Å². The first-order chi connectivity index (χ1) is 15.9. The summed E-state index contributed by atoms with van der Waals surface area (Å²) in [6.45, 7) is 5.04. The lowest BCUT2D eigenvalue weighted by Crippen LogP contribution is -2.43. The SMILES string of the molecule is CCOc1ccc(OCC)c(NC(=O)[C@H]2CCCN(S(=O)(=O)c3cccc4nonc34)C2)c1. The summed E-state index contributed by atoms with van der Waals surface area (Å²) < 4.78 is 43.8. The average Bonchev–Trinajstić information content (AvgIpc) is 3.30. The van der Waals surface area contributed by atoms with E-state index in [1.165, 1.54) is 10.4 Å². The summed E-state index contributed by atoms with van der Waals surface area (Å²) in [5.41, 5.74) is 1.03. The van der Waals surface area contributed by atoms with Crippen molar-refractivity contribution in [1.29, 1.82) is 0 Å². The second-order valence-electron chi connectivity index (χ2n) is 7.60. The Hall–Kier alpha value is -3.18. The fourth-order valence-corrected chi connectivity index (χ4v) is 5.54. The molecule has 1 aliphatic heterocycles. The summed E-state index contributed by atoms with van der Waals surface area (Å²) in [6.07, 6.45) is 1.13. The largest absolute Gasteiger partial charge is 0.494 e. The van der Waals surface area contributed by atoms with Crippen LogP contribution in [0.4, 0.5) is 5.69 Å². The molecule has 1 aliphatic rings. The fraction of sp³-hybridized carbons (Fsp3) is 0.409. The Balaban J connectivity index is 1.54. The van der Waals surface area contributed by atoms with E-state index in [9.17, 15) is 13.2 Å². The molecule has 0 unspecified atom stereocenters. The smallest absolute Gasteiger partial charge is 0.245 e. The van der Waals surface area contributed by atoms with E-state index < -0.39 is 15.9 Å². The number of rotatable bonds is 8. The zero-order chi connectivity index (χ0) is 23.4. The first-order valence-electron chi connectivity index (χ1n) is 10.9. The van der Waals surface area contributed by atoms with Crippen molar-refractivity contribution in [3.63, 3.8) is 0 Å². The van der Waals surface area contributed by atoms with Crippen LogP contribution in [0.25, 0.3) is 11.0 Å². The number of fused-ring (bicyclic) bond motifs is 1. The zero-order valence-corrected chi connectivity index (χ0v) is 19.3. The topological polar surface area (TPSA) is 124 Å². The van der Waals surface area contributed by atoms with Crippen molar-refractivity contribution in [2.75, 3.05) is 31.6 Å².